The summed E-state index contributed by atoms with van der Waals surface area (Å²) in [6.07, 6.45) is 2.50. The Morgan fingerprint density at radius 3 is 2.60 bits per heavy atom. The molecule has 76 valence electrons. The zero-order chi connectivity index (χ0) is 10.7. The highest BCUT2D eigenvalue weighted by Crippen LogP contribution is 2.16. The van der Waals surface area contributed by atoms with Crippen molar-refractivity contribution in [1.29, 1.82) is 0 Å². The van der Waals surface area contributed by atoms with E-state index >= 15 is 0 Å². The fraction of sp³-hybridized carbons (Fsp3) is 0.167. The van der Waals surface area contributed by atoms with Gasteiger partial charge >= 0.3 is 0 Å². The molecule has 0 radical (unpaired) electrons. The van der Waals surface area contributed by atoms with E-state index in [2.05, 4.69) is 9.97 Å². The van der Waals surface area contributed by atoms with Crippen molar-refractivity contribution in [1.82, 2.24) is 9.97 Å². The van der Waals surface area contributed by atoms with Gasteiger partial charge in [0.05, 0.1) is 17.6 Å². The standard InChI is InChI=1S/C12H13N3/c1-2-11-10(13)8-14-12(15-11)9-6-4-3-5-7-9/h3-8H,2,13H2,1H3. The lowest BCUT2D eigenvalue weighted by atomic mass is 10.2. The van der Waals surface area contributed by atoms with Crippen LogP contribution in [0.1, 0.15) is 12.6 Å². The van der Waals surface area contributed by atoms with E-state index in [4.69, 9.17) is 5.73 Å². The van der Waals surface area contributed by atoms with Crippen molar-refractivity contribution in [2.45, 2.75) is 13.3 Å². The topological polar surface area (TPSA) is 51.8 Å². The Balaban J connectivity index is 2.46. The third kappa shape index (κ3) is 1.96. The van der Waals surface area contributed by atoms with Gasteiger partial charge in [-0.3, -0.25) is 0 Å². The molecule has 0 saturated heterocycles. The number of benzene rings is 1. The molecule has 0 aliphatic heterocycles. The van der Waals surface area contributed by atoms with E-state index < -0.39 is 0 Å². The van der Waals surface area contributed by atoms with Gasteiger partial charge in [-0.2, -0.15) is 0 Å². The van der Waals surface area contributed by atoms with Crippen LogP contribution in [-0.4, -0.2) is 9.97 Å². The minimum absolute atomic E-state index is 0.664. The van der Waals surface area contributed by atoms with Gasteiger partial charge in [0, 0.05) is 5.56 Å². The predicted molar refractivity (Wildman–Crippen MR) is 61.3 cm³/mol. The molecule has 1 aromatic carbocycles. The van der Waals surface area contributed by atoms with E-state index in [9.17, 15) is 0 Å². The van der Waals surface area contributed by atoms with Gasteiger partial charge in [-0.1, -0.05) is 37.3 Å². The molecular formula is C12H13N3. The third-order valence-electron chi connectivity index (χ3n) is 2.27. The molecule has 2 N–H and O–H groups in total. The molecule has 0 spiro atoms. The second-order valence-corrected chi connectivity index (χ2v) is 3.32. The Labute approximate surface area is 89.0 Å². The molecule has 0 atom stereocenters. The molecule has 3 nitrogen and oxygen atoms in total. The van der Waals surface area contributed by atoms with Gasteiger partial charge < -0.3 is 5.73 Å². The Morgan fingerprint density at radius 1 is 1.20 bits per heavy atom. The zero-order valence-corrected chi connectivity index (χ0v) is 8.64. The van der Waals surface area contributed by atoms with Crippen LogP contribution < -0.4 is 5.73 Å². The van der Waals surface area contributed by atoms with Crippen molar-refractivity contribution in [3.63, 3.8) is 0 Å². The number of nitrogen functional groups attached to an aromatic ring is 1. The molecule has 0 bridgehead atoms. The van der Waals surface area contributed by atoms with Crippen molar-refractivity contribution in [3.8, 4) is 11.4 Å². The third-order valence-corrected chi connectivity index (χ3v) is 2.27. The molecule has 0 fully saturated rings. The van der Waals surface area contributed by atoms with Gasteiger partial charge in [-0.05, 0) is 6.42 Å². The minimum atomic E-state index is 0.664. The quantitative estimate of drug-likeness (QED) is 0.807. The first kappa shape index (κ1) is 9.65. The molecule has 1 aromatic heterocycles. The number of hydrogen-bond donors (Lipinski definition) is 1. The normalized spacial score (nSPS) is 10.2. The minimum Gasteiger partial charge on any atom is -0.396 e. The second-order valence-electron chi connectivity index (χ2n) is 3.32. The summed E-state index contributed by atoms with van der Waals surface area (Å²) in [5, 5.41) is 0. The maximum Gasteiger partial charge on any atom is 0.159 e. The Hall–Kier alpha value is -1.90. The van der Waals surface area contributed by atoms with E-state index in [0.717, 1.165) is 23.5 Å². The summed E-state index contributed by atoms with van der Waals surface area (Å²) in [4.78, 5) is 8.65. The molecule has 3 heteroatoms. The number of nitrogens with two attached hydrogens (primary N) is 1. The van der Waals surface area contributed by atoms with Crippen LogP contribution in [0.25, 0.3) is 11.4 Å². The van der Waals surface area contributed by atoms with Crippen LogP contribution in [0, 0.1) is 0 Å². The van der Waals surface area contributed by atoms with Crippen LogP contribution in [0.3, 0.4) is 0 Å². The average molecular weight is 199 g/mol. The fourth-order valence-corrected chi connectivity index (χ4v) is 1.44. The van der Waals surface area contributed by atoms with E-state index in [-0.39, 0.29) is 0 Å². The fourth-order valence-electron chi connectivity index (χ4n) is 1.44. The van der Waals surface area contributed by atoms with Crippen molar-refractivity contribution in [2.75, 3.05) is 5.73 Å². The predicted octanol–water partition coefficient (Wildman–Crippen LogP) is 2.29. The highest BCUT2D eigenvalue weighted by Gasteiger charge is 2.03. The van der Waals surface area contributed by atoms with E-state index in [1.54, 1.807) is 6.20 Å². The average Bonchev–Trinajstić information content (AvgIpc) is 2.31. The SMILES string of the molecule is CCc1nc(-c2ccccc2)ncc1N. The first-order chi connectivity index (χ1) is 7.31. The van der Waals surface area contributed by atoms with Crippen molar-refractivity contribution in [3.05, 3.63) is 42.2 Å². The van der Waals surface area contributed by atoms with Gasteiger partial charge in [-0.15, -0.1) is 0 Å². The van der Waals surface area contributed by atoms with Crippen LogP contribution >= 0.6 is 0 Å². The Bertz CT molecular complexity index is 452. The molecule has 2 rings (SSSR count). The zero-order valence-electron chi connectivity index (χ0n) is 8.64. The van der Waals surface area contributed by atoms with Crippen molar-refractivity contribution in [2.24, 2.45) is 0 Å². The maximum atomic E-state index is 5.75. The number of aromatic nitrogens is 2. The Kier molecular flexibility index (Phi) is 2.63. The lowest BCUT2D eigenvalue weighted by Crippen LogP contribution is -2.00. The molecule has 0 saturated carbocycles. The van der Waals surface area contributed by atoms with Gasteiger partial charge in [0.2, 0.25) is 0 Å². The van der Waals surface area contributed by atoms with Gasteiger partial charge in [0.25, 0.3) is 0 Å². The number of aryl methyl sites for hydroxylation is 1. The molecule has 1 heterocycles. The van der Waals surface area contributed by atoms with Crippen molar-refractivity contribution < 1.29 is 0 Å². The van der Waals surface area contributed by atoms with Crippen LogP contribution in [0.4, 0.5) is 5.69 Å². The molecule has 0 aliphatic rings. The molecule has 0 aliphatic carbocycles. The molecular weight excluding hydrogens is 186 g/mol. The van der Waals surface area contributed by atoms with E-state index in [1.807, 2.05) is 37.3 Å². The Morgan fingerprint density at radius 2 is 1.93 bits per heavy atom. The largest absolute Gasteiger partial charge is 0.396 e. The summed E-state index contributed by atoms with van der Waals surface area (Å²) in [6, 6.07) is 9.90. The van der Waals surface area contributed by atoms with Gasteiger partial charge in [0.15, 0.2) is 5.82 Å². The highest BCUT2D eigenvalue weighted by atomic mass is 14.9. The maximum absolute atomic E-state index is 5.75. The number of anilines is 1. The summed E-state index contributed by atoms with van der Waals surface area (Å²) in [5.74, 6) is 0.738. The summed E-state index contributed by atoms with van der Waals surface area (Å²) in [7, 11) is 0. The number of nitrogens with zero attached hydrogens (tertiary/aromatic N) is 2. The van der Waals surface area contributed by atoms with Crippen LogP contribution in [-0.2, 0) is 6.42 Å². The summed E-state index contributed by atoms with van der Waals surface area (Å²) < 4.78 is 0. The first-order valence-electron chi connectivity index (χ1n) is 4.98. The molecule has 15 heavy (non-hydrogen) atoms. The summed E-state index contributed by atoms with van der Waals surface area (Å²) in [5.41, 5.74) is 8.34. The van der Waals surface area contributed by atoms with Gasteiger partial charge in [0.1, 0.15) is 0 Å². The van der Waals surface area contributed by atoms with Crippen LogP contribution in [0.15, 0.2) is 36.5 Å². The first-order valence-corrected chi connectivity index (χ1v) is 4.98. The number of rotatable bonds is 2. The van der Waals surface area contributed by atoms with Crippen LogP contribution in [0.2, 0.25) is 0 Å². The highest BCUT2D eigenvalue weighted by molar-refractivity contribution is 5.56. The molecule has 0 amide bonds. The van der Waals surface area contributed by atoms with E-state index in [0.29, 0.717) is 5.69 Å². The second kappa shape index (κ2) is 4.09. The van der Waals surface area contributed by atoms with E-state index in [1.165, 1.54) is 0 Å². The smallest absolute Gasteiger partial charge is 0.159 e. The monoisotopic (exact) mass is 199 g/mol. The number of hydrogen-bond acceptors (Lipinski definition) is 3. The van der Waals surface area contributed by atoms with Crippen LogP contribution in [0.5, 0.6) is 0 Å². The van der Waals surface area contributed by atoms with Gasteiger partial charge in [-0.25, -0.2) is 9.97 Å². The molecule has 0 unspecified atom stereocenters. The molecule has 2 aromatic rings. The lowest BCUT2D eigenvalue weighted by molar-refractivity contribution is 1.01. The summed E-state index contributed by atoms with van der Waals surface area (Å²) >= 11 is 0. The lowest BCUT2D eigenvalue weighted by Gasteiger charge is -2.04. The van der Waals surface area contributed by atoms with Crippen molar-refractivity contribution >= 4 is 5.69 Å². The summed E-state index contributed by atoms with van der Waals surface area (Å²) in [6.45, 7) is 2.04.